The van der Waals surface area contributed by atoms with Gasteiger partial charge in [0.15, 0.2) is 0 Å². The maximum atomic E-state index is 3.95. The van der Waals surface area contributed by atoms with Gasteiger partial charge < -0.3 is 0 Å². The van der Waals surface area contributed by atoms with E-state index >= 15 is 0 Å². The van der Waals surface area contributed by atoms with Crippen molar-refractivity contribution >= 4 is 8.07 Å². The minimum absolute atomic E-state index is 0.283. The van der Waals surface area contributed by atoms with Gasteiger partial charge in [-0.25, -0.2) is 0 Å². The Morgan fingerprint density at radius 3 is 2.04 bits per heavy atom. The van der Waals surface area contributed by atoms with Gasteiger partial charge in [0.2, 0.25) is 0 Å². The third kappa shape index (κ3) is 3.97. The molecule has 0 N–H and O–H groups in total. The molecule has 24 heavy (non-hydrogen) atoms. The Kier molecular flexibility index (Phi) is 6.03. The highest BCUT2D eigenvalue weighted by Gasteiger charge is 2.49. The first kappa shape index (κ1) is 19.3. The van der Waals surface area contributed by atoms with Crippen molar-refractivity contribution in [3.8, 4) is 11.5 Å². The number of benzene rings is 1. The summed E-state index contributed by atoms with van der Waals surface area (Å²) in [6.45, 7) is 16.8. The summed E-state index contributed by atoms with van der Waals surface area (Å²) in [5.41, 5.74) is 7.90. The molecule has 0 spiro atoms. The van der Waals surface area contributed by atoms with Crippen LogP contribution < -0.4 is 0 Å². The Hall–Kier alpha value is -1.00. The molecule has 0 aliphatic heterocycles. The molecule has 0 heterocycles. The van der Waals surface area contributed by atoms with Crippen molar-refractivity contribution in [1.29, 1.82) is 0 Å². The number of rotatable bonds is 6. The van der Waals surface area contributed by atoms with Crippen LogP contribution in [-0.2, 0) is 6.42 Å². The van der Waals surface area contributed by atoms with Gasteiger partial charge in [-0.1, -0.05) is 71.9 Å². The maximum absolute atomic E-state index is 3.95. The van der Waals surface area contributed by atoms with Crippen molar-refractivity contribution in [3.05, 3.63) is 35.9 Å². The van der Waals surface area contributed by atoms with Crippen LogP contribution in [0.5, 0.6) is 0 Å². The molecule has 2 rings (SSSR count). The third-order valence-corrected chi connectivity index (χ3v) is 12.8. The zero-order valence-corrected chi connectivity index (χ0v) is 17.8. The second kappa shape index (κ2) is 7.48. The second-order valence-corrected chi connectivity index (χ2v) is 14.6. The fourth-order valence-electron chi connectivity index (χ4n) is 4.70. The van der Waals surface area contributed by atoms with Crippen LogP contribution in [0.4, 0.5) is 0 Å². The van der Waals surface area contributed by atoms with Crippen LogP contribution in [0, 0.1) is 22.8 Å². The Labute approximate surface area is 151 Å². The van der Waals surface area contributed by atoms with Crippen molar-refractivity contribution in [3.63, 3.8) is 0 Å². The minimum atomic E-state index is -1.57. The Bertz CT molecular complexity index is 566. The molecule has 1 aliphatic carbocycles. The van der Waals surface area contributed by atoms with Gasteiger partial charge in [0.1, 0.15) is 8.07 Å². The zero-order valence-electron chi connectivity index (χ0n) is 16.8. The molecule has 1 fully saturated rings. The van der Waals surface area contributed by atoms with Crippen LogP contribution in [0.3, 0.4) is 0 Å². The zero-order chi connectivity index (χ0) is 18.0. The Balaban J connectivity index is 2.06. The normalized spacial score (nSPS) is 23.5. The van der Waals surface area contributed by atoms with Crippen LogP contribution in [0.15, 0.2) is 30.3 Å². The van der Waals surface area contributed by atoms with Gasteiger partial charge in [-0.15, -0.1) is 11.5 Å². The lowest BCUT2D eigenvalue weighted by Crippen LogP contribution is -2.43. The predicted molar refractivity (Wildman–Crippen MR) is 110 cm³/mol. The van der Waals surface area contributed by atoms with Gasteiger partial charge in [-0.2, -0.15) is 0 Å². The SMILES string of the molecule is CC(C)[Si](C#C[C@@]1(C)C[C@@H]1CCc1ccccc1)(C(C)C)C(C)C. The van der Waals surface area contributed by atoms with Crippen LogP contribution in [0.25, 0.3) is 0 Å². The molecular weight excluding hydrogens is 304 g/mol. The van der Waals surface area contributed by atoms with Crippen molar-refractivity contribution in [2.45, 2.75) is 84.4 Å². The molecule has 0 aromatic heterocycles. The van der Waals surface area contributed by atoms with Gasteiger partial charge in [0.25, 0.3) is 0 Å². The van der Waals surface area contributed by atoms with Crippen molar-refractivity contribution in [2.75, 3.05) is 0 Å². The van der Waals surface area contributed by atoms with E-state index in [0.29, 0.717) is 0 Å². The molecule has 0 radical (unpaired) electrons. The summed E-state index contributed by atoms with van der Waals surface area (Å²) >= 11 is 0. The van der Waals surface area contributed by atoms with Crippen molar-refractivity contribution in [1.82, 2.24) is 0 Å². The molecule has 1 saturated carbocycles. The lowest BCUT2D eigenvalue weighted by molar-refractivity contribution is 0.603. The fraction of sp³-hybridized carbons (Fsp3) is 0.652. The first-order valence-corrected chi connectivity index (χ1v) is 12.0. The van der Waals surface area contributed by atoms with E-state index in [1.165, 1.54) is 24.8 Å². The van der Waals surface area contributed by atoms with Gasteiger partial charge in [0, 0.05) is 5.41 Å². The summed E-state index contributed by atoms with van der Waals surface area (Å²) in [4.78, 5) is 0. The van der Waals surface area contributed by atoms with E-state index in [1.54, 1.807) is 0 Å². The van der Waals surface area contributed by atoms with Gasteiger partial charge >= 0.3 is 0 Å². The molecule has 1 aromatic carbocycles. The highest BCUT2D eigenvalue weighted by molar-refractivity contribution is 6.90. The van der Waals surface area contributed by atoms with Crippen molar-refractivity contribution in [2.24, 2.45) is 11.3 Å². The van der Waals surface area contributed by atoms with Gasteiger partial charge in [-0.05, 0) is 54.3 Å². The summed E-state index contributed by atoms with van der Waals surface area (Å²) in [6, 6.07) is 10.9. The standard InChI is InChI=1S/C23H36Si/c1-18(2)24(19(3)4,20(5)6)16-15-23(7)17-22(23)14-13-21-11-9-8-10-12-21/h8-12,18-20,22H,13-14,17H2,1-7H3/t22-,23-/m0/s1. The number of hydrogen-bond donors (Lipinski definition) is 0. The molecule has 0 saturated heterocycles. The fourth-order valence-corrected chi connectivity index (χ4v) is 10.1. The largest absolute Gasteiger partial charge is 0.145 e. The van der Waals surface area contributed by atoms with Gasteiger partial charge in [0.05, 0.1) is 0 Å². The molecule has 0 bridgehead atoms. The summed E-state index contributed by atoms with van der Waals surface area (Å²) in [6.07, 6.45) is 3.78. The molecular formula is C23H36Si. The minimum Gasteiger partial charge on any atom is -0.130 e. The monoisotopic (exact) mass is 340 g/mol. The molecule has 0 unspecified atom stereocenters. The predicted octanol–water partition coefficient (Wildman–Crippen LogP) is 6.87. The average molecular weight is 341 g/mol. The summed E-state index contributed by atoms with van der Waals surface area (Å²) in [5, 5.41) is 0. The Morgan fingerprint density at radius 1 is 1.00 bits per heavy atom. The highest BCUT2D eigenvalue weighted by atomic mass is 28.3. The van der Waals surface area contributed by atoms with E-state index < -0.39 is 8.07 Å². The molecule has 1 aliphatic rings. The molecule has 0 amide bonds. The summed E-state index contributed by atoms with van der Waals surface area (Å²) in [5.74, 6) is 4.61. The highest BCUT2D eigenvalue weighted by Crippen LogP contribution is 2.54. The first-order chi connectivity index (χ1) is 11.2. The van der Waals surface area contributed by atoms with Crippen LogP contribution in [0.1, 0.15) is 66.9 Å². The van der Waals surface area contributed by atoms with E-state index in [2.05, 4.69) is 90.3 Å². The molecule has 0 nitrogen and oxygen atoms in total. The second-order valence-electron chi connectivity index (χ2n) is 8.99. The average Bonchev–Trinajstić information content (AvgIpc) is 3.16. The number of aryl methyl sites for hydroxylation is 1. The summed E-state index contributed by atoms with van der Waals surface area (Å²) in [7, 11) is -1.57. The van der Waals surface area contributed by atoms with Crippen LogP contribution in [-0.4, -0.2) is 8.07 Å². The third-order valence-electron chi connectivity index (χ3n) is 6.47. The molecule has 1 aromatic rings. The molecule has 132 valence electrons. The lowest BCUT2D eigenvalue weighted by atomic mass is 10.0. The smallest absolute Gasteiger partial charge is 0.130 e. The van der Waals surface area contributed by atoms with Crippen molar-refractivity contribution < 1.29 is 0 Å². The van der Waals surface area contributed by atoms with E-state index in [0.717, 1.165) is 22.5 Å². The van der Waals surface area contributed by atoms with E-state index in [4.69, 9.17) is 0 Å². The Morgan fingerprint density at radius 2 is 1.54 bits per heavy atom. The van der Waals surface area contributed by atoms with E-state index in [-0.39, 0.29) is 5.41 Å². The quantitative estimate of drug-likeness (QED) is 0.391. The maximum Gasteiger partial charge on any atom is 0.145 e. The van der Waals surface area contributed by atoms with Gasteiger partial charge in [-0.3, -0.25) is 0 Å². The molecule has 2 atom stereocenters. The van der Waals surface area contributed by atoms with E-state index in [1.807, 2.05) is 0 Å². The first-order valence-electron chi connectivity index (χ1n) is 9.80. The lowest BCUT2D eigenvalue weighted by Gasteiger charge is -2.38. The van der Waals surface area contributed by atoms with Crippen LogP contribution >= 0.6 is 0 Å². The van der Waals surface area contributed by atoms with E-state index in [9.17, 15) is 0 Å². The number of hydrogen-bond acceptors (Lipinski definition) is 0. The molecule has 1 heteroatoms. The van der Waals surface area contributed by atoms with Crippen LogP contribution in [0.2, 0.25) is 16.6 Å². The topological polar surface area (TPSA) is 0 Å². The summed E-state index contributed by atoms with van der Waals surface area (Å²) < 4.78 is 0.